The first-order valence-corrected chi connectivity index (χ1v) is 27.2. The predicted octanol–water partition coefficient (Wildman–Crippen LogP) is 8.51. The first kappa shape index (κ1) is 52.6. The highest BCUT2D eigenvalue weighted by Crippen LogP contribution is 2.40. The molecule has 18 heteroatoms. The minimum Gasteiger partial charge on any atom is -0.391 e. The fourth-order valence-corrected chi connectivity index (χ4v) is 12.3. The van der Waals surface area contributed by atoms with E-state index in [2.05, 4.69) is 63.3 Å². The van der Waals surface area contributed by atoms with Crippen molar-refractivity contribution in [2.45, 2.75) is 118 Å². The molecule has 0 radical (unpaired) electrons. The van der Waals surface area contributed by atoms with Crippen LogP contribution in [0.5, 0.6) is 0 Å². The van der Waals surface area contributed by atoms with Crippen LogP contribution < -0.4 is 20.9 Å². The van der Waals surface area contributed by atoms with E-state index in [1.165, 1.54) is 20.2 Å². The number of thiophene rings is 2. The maximum absolute atomic E-state index is 14.2. The fraction of sp³-hybridized carbons (Fsp3) is 0.411. The lowest BCUT2D eigenvalue weighted by molar-refractivity contribution is -0.144. The predicted molar refractivity (Wildman–Crippen MR) is 291 cm³/mol. The number of β-amino-alcohol motifs (C(OH)–C–C–N with tert-alkyl or cyclic N) is 1. The summed E-state index contributed by atoms with van der Waals surface area (Å²) in [6, 6.07) is 23.1. The van der Waals surface area contributed by atoms with Gasteiger partial charge in [-0.3, -0.25) is 28.7 Å². The fourth-order valence-electron chi connectivity index (χ4n) is 10.0. The number of aryl methyl sites for hydroxylation is 3. The van der Waals surface area contributed by atoms with Crippen molar-refractivity contribution < 1.29 is 29.0 Å². The first-order valence-electron chi connectivity index (χ1n) is 25.1. The van der Waals surface area contributed by atoms with Crippen LogP contribution in [-0.4, -0.2) is 105 Å². The van der Waals surface area contributed by atoms with Crippen molar-refractivity contribution in [2.24, 2.45) is 10.4 Å². The van der Waals surface area contributed by atoms with Gasteiger partial charge in [-0.2, -0.15) is 0 Å². The number of aliphatic hydroxyl groups excluding tert-OH is 1. The number of carbonyl (C=O) groups excluding carboxylic acids is 4. The van der Waals surface area contributed by atoms with E-state index in [4.69, 9.17) is 21.3 Å². The summed E-state index contributed by atoms with van der Waals surface area (Å²) >= 11 is 9.64. The Balaban J connectivity index is 0.767. The van der Waals surface area contributed by atoms with Gasteiger partial charge in [0, 0.05) is 64.2 Å². The number of ether oxygens (including phenoxy) is 1. The van der Waals surface area contributed by atoms with E-state index in [1.807, 2.05) is 112 Å². The average Bonchev–Trinajstić information content (AvgIpc) is 4.23. The zero-order valence-corrected chi connectivity index (χ0v) is 45.5. The summed E-state index contributed by atoms with van der Waals surface area (Å²) in [5.74, 6) is -0.0477. The van der Waals surface area contributed by atoms with Gasteiger partial charge in [0.2, 0.25) is 23.6 Å². The van der Waals surface area contributed by atoms with Crippen molar-refractivity contribution in [3.8, 4) is 15.4 Å². The number of hydrogen-bond acceptors (Lipinski definition) is 12. The number of aliphatic hydroxyl groups is 1. The maximum Gasteiger partial charge on any atom is 0.246 e. The summed E-state index contributed by atoms with van der Waals surface area (Å²) in [5.41, 5.74) is 8.29. The topological polar surface area (TPSA) is 183 Å². The number of likely N-dealkylation sites (tertiary alicyclic amines) is 1. The molecule has 2 fully saturated rings. The molecule has 0 saturated carbocycles. The van der Waals surface area contributed by atoms with Crippen LogP contribution in [0.1, 0.15) is 109 Å². The van der Waals surface area contributed by atoms with E-state index in [-0.39, 0.29) is 56.5 Å². The molecule has 388 valence electrons. The minimum atomic E-state index is -0.967. The molecule has 6 heterocycles. The summed E-state index contributed by atoms with van der Waals surface area (Å²) < 4.78 is 8.17. The molecule has 74 heavy (non-hydrogen) atoms. The molecule has 3 aromatic carbocycles. The van der Waals surface area contributed by atoms with Crippen LogP contribution in [0.4, 0.5) is 5.69 Å². The van der Waals surface area contributed by atoms with Crippen molar-refractivity contribution in [2.75, 3.05) is 31.1 Å². The molecule has 6 aromatic rings. The molecule has 3 aromatic heterocycles. The Hall–Kier alpha value is -6.24. The second kappa shape index (κ2) is 21.9. The Kier molecular flexibility index (Phi) is 15.6. The van der Waals surface area contributed by atoms with E-state index >= 15 is 0 Å². The Labute approximate surface area is 445 Å². The number of nitrogens with zero attached hydrogens (tertiary/aromatic N) is 6. The third kappa shape index (κ3) is 11.4. The van der Waals surface area contributed by atoms with E-state index in [0.717, 1.165) is 62.2 Å². The number of fused-ring (bicyclic) bond motifs is 3. The SMILES string of the molecule is Cc1ccsc1-c1ccc(CNC(=O)[C@@H]2C[C@@H](O)CN2C(=O)[C@@H](NC(=O)CO[C@H]2CCN(c3ccc([C@@H](C)NC(=O)C[C@@H]4N=C(c5ccc(Cl)cc5)c5c(sc(C)c5C)-n5c(C)nnc54)cc3)C2)C(C)(C)C)cc1. The maximum atomic E-state index is 14.2. The normalized spacial score (nSPS) is 19.3. The molecule has 6 atom stereocenters. The zero-order chi connectivity index (χ0) is 52.6. The number of halogens is 1. The molecular weight excluding hydrogens is 994 g/mol. The van der Waals surface area contributed by atoms with Gasteiger partial charge in [0.1, 0.15) is 35.6 Å². The third-order valence-corrected chi connectivity index (χ3v) is 16.8. The molecule has 0 bridgehead atoms. The van der Waals surface area contributed by atoms with Gasteiger partial charge < -0.3 is 35.6 Å². The smallest absolute Gasteiger partial charge is 0.246 e. The highest BCUT2D eigenvalue weighted by molar-refractivity contribution is 7.15. The minimum absolute atomic E-state index is 0.0116. The van der Waals surface area contributed by atoms with Gasteiger partial charge in [0.25, 0.3) is 0 Å². The quantitative estimate of drug-likeness (QED) is 0.0784. The number of carbonyl (C=O) groups is 4. The number of anilines is 1. The van der Waals surface area contributed by atoms with E-state index in [1.54, 1.807) is 22.7 Å². The number of amides is 4. The molecule has 0 aliphatic carbocycles. The van der Waals surface area contributed by atoms with Gasteiger partial charge in [-0.25, -0.2) is 0 Å². The van der Waals surface area contributed by atoms with Crippen LogP contribution in [0.25, 0.3) is 15.4 Å². The third-order valence-electron chi connectivity index (χ3n) is 14.3. The van der Waals surface area contributed by atoms with Crippen LogP contribution >= 0.6 is 34.3 Å². The molecule has 3 aliphatic heterocycles. The van der Waals surface area contributed by atoms with E-state index < -0.39 is 41.5 Å². The Bertz CT molecular complexity index is 3070. The number of nitrogens with one attached hydrogen (secondary N) is 3. The number of aromatic nitrogens is 3. The Morgan fingerprint density at radius 3 is 2.30 bits per heavy atom. The van der Waals surface area contributed by atoms with Crippen LogP contribution in [0.15, 0.2) is 89.2 Å². The lowest BCUT2D eigenvalue weighted by Crippen LogP contribution is -2.58. The molecule has 4 N–H and O–H groups in total. The summed E-state index contributed by atoms with van der Waals surface area (Å²) in [5, 5.41) is 32.4. The highest BCUT2D eigenvalue weighted by Gasteiger charge is 2.45. The Morgan fingerprint density at radius 1 is 0.892 bits per heavy atom. The van der Waals surface area contributed by atoms with Gasteiger partial charge in [-0.15, -0.1) is 32.9 Å². The molecule has 2 saturated heterocycles. The number of benzene rings is 3. The molecule has 3 aliphatic rings. The number of aliphatic imine (C=N–C) groups is 1. The monoisotopic (exact) mass is 1060 g/mol. The number of hydrogen-bond donors (Lipinski definition) is 4. The summed E-state index contributed by atoms with van der Waals surface area (Å²) in [6.45, 7) is 17.0. The van der Waals surface area contributed by atoms with Crippen molar-refractivity contribution in [3.05, 3.63) is 139 Å². The summed E-state index contributed by atoms with van der Waals surface area (Å²) in [6.07, 6.45) is -0.221. The van der Waals surface area contributed by atoms with Gasteiger partial charge in [-0.1, -0.05) is 80.9 Å². The lowest BCUT2D eigenvalue weighted by atomic mass is 9.85. The highest BCUT2D eigenvalue weighted by atomic mass is 35.5. The standard InChI is InChI=1S/C56H64ClN9O6S2/c1-31-22-24-73-50(31)39-11-9-36(10-12-39)27-58-53(70)45-25-42(67)28-65(45)54(71)51(56(6,7)8)61-47(69)30-72-43-21-23-64(29-43)41-19-15-37(16-20-41)33(3)59-46(68)26-44-52-63-62-35(5)66(52)55-48(32(2)34(4)74-55)49(60-44)38-13-17-40(57)18-14-38/h9-20,22,24,33,42-45,51,67H,21,23,25-30H2,1-8H3,(H,58,70)(H,59,68)(H,61,69)/t33-,42-,43+,44+,45+,51-/m1/s1. The molecule has 4 amide bonds. The van der Waals surface area contributed by atoms with Crippen LogP contribution in [0.3, 0.4) is 0 Å². The van der Waals surface area contributed by atoms with Crippen molar-refractivity contribution in [3.63, 3.8) is 0 Å². The van der Waals surface area contributed by atoms with Crippen LogP contribution in [-0.2, 0) is 30.5 Å². The van der Waals surface area contributed by atoms with Crippen LogP contribution in [0.2, 0.25) is 5.02 Å². The van der Waals surface area contributed by atoms with Gasteiger partial charge in [0.05, 0.1) is 30.4 Å². The van der Waals surface area contributed by atoms with Crippen molar-refractivity contribution in [1.29, 1.82) is 0 Å². The van der Waals surface area contributed by atoms with Crippen LogP contribution in [0, 0.1) is 33.1 Å². The number of rotatable bonds is 15. The van der Waals surface area contributed by atoms with Crippen molar-refractivity contribution in [1.82, 2.24) is 35.6 Å². The first-order chi connectivity index (χ1) is 35.3. The second-order valence-corrected chi connectivity index (χ2v) is 23.3. The average molecular weight is 1060 g/mol. The molecule has 0 unspecified atom stereocenters. The summed E-state index contributed by atoms with van der Waals surface area (Å²) in [7, 11) is 0. The molecule has 9 rings (SSSR count). The molecular formula is C56H64ClN9O6S2. The van der Waals surface area contributed by atoms with E-state index in [9.17, 15) is 24.3 Å². The Morgan fingerprint density at radius 2 is 1.61 bits per heavy atom. The largest absolute Gasteiger partial charge is 0.391 e. The van der Waals surface area contributed by atoms with Gasteiger partial charge in [0.15, 0.2) is 5.82 Å². The van der Waals surface area contributed by atoms with Crippen molar-refractivity contribution >= 4 is 69.3 Å². The molecule has 0 spiro atoms. The van der Waals surface area contributed by atoms with Gasteiger partial charge in [-0.05, 0) is 110 Å². The summed E-state index contributed by atoms with van der Waals surface area (Å²) in [4.78, 5) is 66.4. The van der Waals surface area contributed by atoms with E-state index in [0.29, 0.717) is 23.8 Å². The zero-order valence-electron chi connectivity index (χ0n) is 43.1. The second-order valence-electron chi connectivity index (χ2n) is 20.8. The van der Waals surface area contributed by atoms with Gasteiger partial charge >= 0.3 is 0 Å². The lowest BCUT2D eigenvalue weighted by Gasteiger charge is -2.35. The molecule has 15 nitrogen and oxygen atoms in total.